The van der Waals surface area contributed by atoms with Crippen molar-refractivity contribution in [3.63, 3.8) is 0 Å². The van der Waals surface area contributed by atoms with Crippen LogP contribution in [0.5, 0.6) is 0 Å². The molecule has 2 aromatic carbocycles. The number of carbonyl (C=O) groups excluding carboxylic acids is 2. The van der Waals surface area contributed by atoms with Gasteiger partial charge in [0.1, 0.15) is 18.1 Å². The van der Waals surface area contributed by atoms with Gasteiger partial charge in [-0.15, -0.1) is 0 Å². The summed E-state index contributed by atoms with van der Waals surface area (Å²) in [6.45, 7) is 2.48. The zero-order valence-corrected chi connectivity index (χ0v) is 19.4. The number of furan rings is 1. The van der Waals surface area contributed by atoms with Crippen LogP contribution < -0.4 is 0 Å². The highest BCUT2D eigenvalue weighted by atomic mass is 16.5. The van der Waals surface area contributed by atoms with E-state index in [1.807, 2.05) is 23.1 Å². The van der Waals surface area contributed by atoms with E-state index in [1.165, 1.54) is 7.11 Å². The highest BCUT2D eigenvalue weighted by Crippen LogP contribution is 2.45. The molecule has 2 fully saturated rings. The van der Waals surface area contributed by atoms with Crippen LogP contribution in [0.25, 0.3) is 10.8 Å². The number of amides is 1. The first-order chi connectivity index (χ1) is 16.5. The number of aliphatic hydroxyl groups is 1. The fraction of sp³-hybridized carbons (Fsp3) is 0.407. The Morgan fingerprint density at radius 2 is 1.79 bits per heavy atom. The van der Waals surface area contributed by atoms with Crippen LogP contribution in [-0.2, 0) is 34.0 Å². The van der Waals surface area contributed by atoms with Crippen LogP contribution in [0.2, 0.25) is 0 Å². The Morgan fingerprint density at radius 1 is 1.06 bits per heavy atom. The molecule has 7 heteroatoms. The van der Waals surface area contributed by atoms with Crippen molar-refractivity contribution in [2.45, 2.75) is 44.5 Å². The number of fused-ring (bicyclic) bond motifs is 1. The highest BCUT2D eigenvalue weighted by Gasteiger charge is 2.56. The van der Waals surface area contributed by atoms with E-state index >= 15 is 0 Å². The smallest absolute Gasteiger partial charge is 0.311 e. The number of hydrogen-bond donors (Lipinski definition) is 1. The van der Waals surface area contributed by atoms with E-state index < -0.39 is 11.5 Å². The third kappa shape index (κ3) is 4.10. The minimum absolute atomic E-state index is 0.00984. The van der Waals surface area contributed by atoms with Crippen LogP contribution in [0, 0.1) is 5.92 Å². The molecule has 0 bridgehead atoms. The molecule has 1 aromatic heterocycles. The minimum atomic E-state index is -0.550. The maximum absolute atomic E-state index is 13.2. The molecule has 2 saturated heterocycles. The summed E-state index contributed by atoms with van der Waals surface area (Å²) in [5.41, 5.74) is 0.512. The second-order valence-corrected chi connectivity index (χ2v) is 9.35. The number of esters is 1. The van der Waals surface area contributed by atoms with Crippen LogP contribution in [0.3, 0.4) is 0 Å². The number of aliphatic hydroxyl groups excluding tert-OH is 1. The summed E-state index contributed by atoms with van der Waals surface area (Å²) >= 11 is 0. The first-order valence-electron chi connectivity index (χ1n) is 11.8. The Hall–Kier alpha value is -3.16. The Bertz CT molecular complexity index is 1190. The number of piperidine rings is 1. The Balaban J connectivity index is 1.38. The average molecular weight is 463 g/mol. The summed E-state index contributed by atoms with van der Waals surface area (Å²) in [6.07, 6.45) is 1.58. The molecule has 178 valence electrons. The standard InChI is InChI=1S/C27H30N2O5/c1-33-26(32)24-15-25(31)29(16-19-6-7-20-4-2-3-5-21(20)14-19)27(24)10-12-28(13-11-27)17-22-8-9-23(18-30)34-22/h2-9,14,24,30H,10-13,15-18H2,1H3. The van der Waals surface area contributed by atoms with Crippen molar-refractivity contribution >= 4 is 22.6 Å². The molecule has 1 atom stereocenters. The predicted octanol–water partition coefficient (Wildman–Crippen LogP) is 3.48. The van der Waals surface area contributed by atoms with E-state index in [4.69, 9.17) is 9.15 Å². The first kappa shape index (κ1) is 22.6. The zero-order valence-electron chi connectivity index (χ0n) is 19.4. The molecular weight excluding hydrogens is 432 g/mol. The number of methoxy groups -OCH3 is 1. The van der Waals surface area contributed by atoms with Crippen molar-refractivity contribution in [2.24, 2.45) is 5.92 Å². The topological polar surface area (TPSA) is 83.2 Å². The van der Waals surface area contributed by atoms with Crippen molar-refractivity contribution in [2.75, 3.05) is 20.2 Å². The number of ether oxygens (including phenoxy) is 1. The minimum Gasteiger partial charge on any atom is -0.469 e. The van der Waals surface area contributed by atoms with Gasteiger partial charge >= 0.3 is 5.97 Å². The normalized spacial score (nSPS) is 20.4. The molecule has 2 aliphatic rings. The molecule has 0 aliphatic carbocycles. The molecule has 1 N–H and O–H groups in total. The number of carbonyl (C=O) groups is 2. The van der Waals surface area contributed by atoms with Crippen molar-refractivity contribution in [1.82, 2.24) is 9.80 Å². The maximum atomic E-state index is 13.2. The summed E-state index contributed by atoms with van der Waals surface area (Å²) in [5.74, 6) is 0.603. The average Bonchev–Trinajstić information content (AvgIpc) is 3.43. The summed E-state index contributed by atoms with van der Waals surface area (Å²) in [6, 6.07) is 18.1. The van der Waals surface area contributed by atoms with Crippen LogP contribution in [0.15, 0.2) is 59.0 Å². The molecule has 34 heavy (non-hydrogen) atoms. The van der Waals surface area contributed by atoms with Gasteiger partial charge in [0.05, 0.1) is 25.1 Å². The van der Waals surface area contributed by atoms with Gasteiger partial charge in [-0.05, 0) is 47.4 Å². The molecule has 0 saturated carbocycles. The fourth-order valence-corrected chi connectivity index (χ4v) is 5.65. The third-order valence-corrected chi connectivity index (χ3v) is 7.48. The van der Waals surface area contributed by atoms with Gasteiger partial charge in [0.2, 0.25) is 5.91 Å². The maximum Gasteiger partial charge on any atom is 0.311 e. The summed E-state index contributed by atoms with van der Waals surface area (Å²) in [4.78, 5) is 30.2. The van der Waals surface area contributed by atoms with Gasteiger partial charge in [-0.2, -0.15) is 0 Å². The van der Waals surface area contributed by atoms with Crippen molar-refractivity contribution in [3.8, 4) is 0 Å². The second-order valence-electron chi connectivity index (χ2n) is 9.35. The van der Waals surface area contributed by atoms with Gasteiger partial charge in [0.25, 0.3) is 0 Å². The van der Waals surface area contributed by atoms with Crippen LogP contribution >= 0.6 is 0 Å². The zero-order chi connectivity index (χ0) is 23.7. The largest absolute Gasteiger partial charge is 0.469 e. The van der Waals surface area contributed by atoms with E-state index in [1.54, 1.807) is 6.07 Å². The van der Waals surface area contributed by atoms with E-state index in [2.05, 4.69) is 35.2 Å². The molecule has 3 heterocycles. The summed E-state index contributed by atoms with van der Waals surface area (Å²) in [5, 5.41) is 11.5. The Labute approximate surface area is 198 Å². The molecule has 0 radical (unpaired) electrons. The van der Waals surface area contributed by atoms with E-state index in [9.17, 15) is 14.7 Å². The number of benzene rings is 2. The number of hydrogen-bond acceptors (Lipinski definition) is 6. The SMILES string of the molecule is COC(=O)C1CC(=O)N(Cc2ccc3ccccc3c2)C12CCN(Cc1ccc(CO)o1)CC2. The lowest BCUT2D eigenvalue weighted by Gasteiger charge is -2.47. The van der Waals surface area contributed by atoms with Crippen molar-refractivity contribution < 1.29 is 23.8 Å². The van der Waals surface area contributed by atoms with Crippen LogP contribution in [-0.4, -0.2) is 52.5 Å². The van der Waals surface area contributed by atoms with Gasteiger partial charge in [-0.25, -0.2) is 0 Å². The van der Waals surface area contributed by atoms with Crippen LogP contribution in [0.4, 0.5) is 0 Å². The number of nitrogens with zero attached hydrogens (tertiary/aromatic N) is 2. The molecule has 1 amide bonds. The Morgan fingerprint density at radius 3 is 2.50 bits per heavy atom. The number of rotatable bonds is 6. The molecule has 1 unspecified atom stereocenters. The molecule has 1 spiro atoms. The lowest BCUT2D eigenvalue weighted by atomic mass is 9.76. The third-order valence-electron chi connectivity index (χ3n) is 7.48. The van der Waals surface area contributed by atoms with Gasteiger partial charge in [-0.3, -0.25) is 14.5 Å². The van der Waals surface area contributed by atoms with E-state index in [0.717, 1.165) is 35.2 Å². The van der Waals surface area contributed by atoms with Gasteiger partial charge in [0, 0.05) is 26.1 Å². The summed E-state index contributed by atoms with van der Waals surface area (Å²) in [7, 11) is 1.40. The fourth-order valence-electron chi connectivity index (χ4n) is 5.65. The Kier molecular flexibility index (Phi) is 6.15. The van der Waals surface area contributed by atoms with Crippen molar-refractivity contribution in [1.29, 1.82) is 0 Å². The lowest BCUT2D eigenvalue weighted by molar-refractivity contribution is -0.150. The summed E-state index contributed by atoms with van der Waals surface area (Å²) < 4.78 is 10.8. The second kappa shape index (κ2) is 9.24. The highest BCUT2D eigenvalue weighted by molar-refractivity contribution is 5.89. The van der Waals surface area contributed by atoms with Gasteiger partial charge in [-0.1, -0.05) is 36.4 Å². The monoisotopic (exact) mass is 462 g/mol. The molecule has 3 aromatic rings. The molecule has 2 aliphatic heterocycles. The molecule has 5 rings (SSSR count). The van der Waals surface area contributed by atoms with E-state index in [-0.39, 0.29) is 24.9 Å². The van der Waals surface area contributed by atoms with E-state index in [0.29, 0.717) is 31.7 Å². The van der Waals surface area contributed by atoms with Gasteiger partial charge in [0.15, 0.2) is 0 Å². The van der Waals surface area contributed by atoms with Crippen molar-refractivity contribution in [3.05, 3.63) is 71.7 Å². The molecule has 7 nitrogen and oxygen atoms in total. The molecular formula is C27H30N2O5. The lowest BCUT2D eigenvalue weighted by Crippen LogP contribution is -2.57. The van der Waals surface area contributed by atoms with Crippen LogP contribution in [0.1, 0.15) is 36.3 Å². The predicted molar refractivity (Wildman–Crippen MR) is 126 cm³/mol. The number of likely N-dealkylation sites (tertiary alicyclic amines) is 2. The van der Waals surface area contributed by atoms with Gasteiger partial charge < -0.3 is 19.2 Å². The first-order valence-corrected chi connectivity index (χ1v) is 11.8. The quantitative estimate of drug-likeness (QED) is 0.565.